The molecule has 0 aliphatic rings. The molecule has 0 N–H and O–H groups in total. The maximum atomic E-state index is 4.37. The van der Waals surface area contributed by atoms with Crippen molar-refractivity contribution in [1.29, 1.82) is 0 Å². The first-order valence-electron chi connectivity index (χ1n) is 5.29. The van der Waals surface area contributed by atoms with Crippen LogP contribution in [0.1, 0.15) is 13.8 Å². The first kappa shape index (κ1) is 14.7. The fourth-order valence-corrected chi connectivity index (χ4v) is 3.04. The maximum absolute atomic E-state index is 4.37. The summed E-state index contributed by atoms with van der Waals surface area (Å²) in [6, 6.07) is 8.75. The van der Waals surface area contributed by atoms with Crippen molar-refractivity contribution in [3.8, 4) is 0 Å². The molecule has 0 fully saturated rings. The summed E-state index contributed by atoms with van der Waals surface area (Å²) in [4.78, 5) is 2.65. The minimum atomic E-state index is 0.448. The Hall–Kier alpha value is 0.620. The highest BCUT2D eigenvalue weighted by atomic mass is 32.2. The van der Waals surface area contributed by atoms with E-state index < -0.39 is 0 Å². The molecule has 0 aromatic heterocycles. The lowest BCUT2D eigenvalue weighted by Crippen LogP contribution is -1.94. The van der Waals surface area contributed by atoms with Gasteiger partial charge in [-0.2, -0.15) is 25.3 Å². The molecule has 90 valence electrons. The average Bonchev–Trinajstić information content (AvgIpc) is 2.25. The van der Waals surface area contributed by atoms with Gasteiger partial charge in [0.2, 0.25) is 0 Å². The van der Waals surface area contributed by atoms with E-state index in [0.717, 1.165) is 11.5 Å². The molecule has 0 nitrogen and oxygen atoms in total. The van der Waals surface area contributed by atoms with Gasteiger partial charge in [0, 0.05) is 31.8 Å². The van der Waals surface area contributed by atoms with Crippen molar-refractivity contribution in [1.82, 2.24) is 0 Å². The van der Waals surface area contributed by atoms with Crippen molar-refractivity contribution in [2.45, 2.75) is 34.1 Å². The largest absolute Gasteiger partial charge is 0.175 e. The van der Waals surface area contributed by atoms with Crippen molar-refractivity contribution in [2.75, 3.05) is 11.5 Å². The molecule has 0 aliphatic heterocycles. The Morgan fingerprint density at radius 2 is 1.19 bits per heavy atom. The number of thioether (sulfide) groups is 2. The van der Waals surface area contributed by atoms with Crippen molar-refractivity contribution in [3.05, 3.63) is 24.3 Å². The fourth-order valence-electron chi connectivity index (χ4n) is 1.07. The lowest BCUT2D eigenvalue weighted by molar-refractivity contribution is 1.14. The van der Waals surface area contributed by atoms with Crippen LogP contribution in [0.3, 0.4) is 0 Å². The van der Waals surface area contributed by atoms with E-state index >= 15 is 0 Å². The molecule has 0 radical (unpaired) electrons. The van der Waals surface area contributed by atoms with Gasteiger partial charge in [0.15, 0.2) is 0 Å². The Kier molecular flexibility index (Phi) is 7.20. The molecule has 1 aromatic carbocycles. The monoisotopic (exact) mass is 290 g/mol. The minimum absolute atomic E-state index is 0.448. The third kappa shape index (κ3) is 6.38. The van der Waals surface area contributed by atoms with Crippen LogP contribution in [0.2, 0.25) is 0 Å². The maximum Gasteiger partial charge on any atom is 0.00943 e. The van der Waals surface area contributed by atoms with Gasteiger partial charge >= 0.3 is 0 Å². The molecule has 0 heterocycles. The van der Waals surface area contributed by atoms with Crippen molar-refractivity contribution in [2.24, 2.45) is 0 Å². The van der Waals surface area contributed by atoms with Crippen LogP contribution in [0.4, 0.5) is 0 Å². The van der Waals surface area contributed by atoms with Gasteiger partial charge < -0.3 is 0 Å². The van der Waals surface area contributed by atoms with Gasteiger partial charge in [0.25, 0.3) is 0 Å². The van der Waals surface area contributed by atoms with Crippen LogP contribution < -0.4 is 0 Å². The number of hydrogen-bond acceptors (Lipinski definition) is 4. The van der Waals surface area contributed by atoms with Crippen molar-refractivity contribution < 1.29 is 0 Å². The average molecular weight is 291 g/mol. The van der Waals surface area contributed by atoms with E-state index in [1.54, 1.807) is 0 Å². The van der Waals surface area contributed by atoms with Crippen LogP contribution in [-0.4, -0.2) is 22.0 Å². The van der Waals surface area contributed by atoms with E-state index in [1.165, 1.54) is 9.79 Å². The highest BCUT2D eigenvalue weighted by molar-refractivity contribution is 8.00. The Bertz CT molecular complexity index is 261. The molecule has 0 aliphatic carbocycles. The standard InChI is InChI=1S/C12H18S4/c1-9(13)7-15-11-3-5-12(6-4-11)16-8-10(2)14/h3-6,9-10,13-14H,7-8H2,1-2H3. The molecule has 4 heteroatoms. The topological polar surface area (TPSA) is 0 Å². The number of hydrogen-bond donors (Lipinski definition) is 2. The second kappa shape index (κ2) is 7.85. The Labute approximate surface area is 118 Å². The van der Waals surface area contributed by atoms with E-state index in [1.807, 2.05) is 23.5 Å². The van der Waals surface area contributed by atoms with E-state index in [-0.39, 0.29) is 0 Å². The molecule has 0 amide bonds. The highest BCUT2D eigenvalue weighted by Crippen LogP contribution is 2.25. The highest BCUT2D eigenvalue weighted by Gasteiger charge is 2.00. The Morgan fingerprint density at radius 1 is 0.875 bits per heavy atom. The first-order chi connectivity index (χ1) is 7.58. The quantitative estimate of drug-likeness (QED) is 0.584. The summed E-state index contributed by atoms with van der Waals surface area (Å²) < 4.78 is 0. The number of rotatable bonds is 6. The van der Waals surface area contributed by atoms with Gasteiger partial charge in [-0.15, -0.1) is 23.5 Å². The van der Waals surface area contributed by atoms with E-state index in [9.17, 15) is 0 Å². The predicted octanol–water partition coefficient (Wildman–Crippen LogP) is 4.51. The van der Waals surface area contributed by atoms with Crippen LogP contribution in [0.25, 0.3) is 0 Å². The summed E-state index contributed by atoms with van der Waals surface area (Å²) in [5.41, 5.74) is 0. The fraction of sp³-hybridized carbons (Fsp3) is 0.500. The molecular weight excluding hydrogens is 272 g/mol. The zero-order valence-corrected chi connectivity index (χ0v) is 13.0. The predicted molar refractivity (Wildman–Crippen MR) is 84.8 cm³/mol. The molecule has 16 heavy (non-hydrogen) atoms. The minimum Gasteiger partial charge on any atom is -0.175 e. The third-order valence-electron chi connectivity index (χ3n) is 1.81. The van der Waals surface area contributed by atoms with Gasteiger partial charge in [-0.05, 0) is 24.3 Å². The molecule has 2 atom stereocenters. The lowest BCUT2D eigenvalue weighted by Gasteiger charge is -2.06. The normalized spacial score (nSPS) is 14.8. The third-order valence-corrected chi connectivity index (χ3v) is 5.21. The van der Waals surface area contributed by atoms with E-state index in [2.05, 4.69) is 63.4 Å². The molecule has 0 bridgehead atoms. The first-order valence-corrected chi connectivity index (χ1v) is 8.30. The Morgan fingerprint density at radius 3 is 1.44 bits per heavy atom. The molecular formula is C12H18S4. The molecule has 0 saturated carbocycles. The van der Waals surface area contributed by atoms with Gasteiger partial charge in [-0.3, -0.25) is 0 Å². The number of benzene rings is 1. The molecule has 2 unspecified atom stereocenters. The van der Waals surface area contributed by atoms with Crippen LogP contribution in [0.5, 0.6) is 0 Å². The zero-order valence-electron chi connectivity index (χ0n) is 9.59. The summed E-state index contributed by atoms with van der Waals surface area (Å²) in [5, 5.41) is 0.896. The van der Waals surface area contributed by atoms with E-state index in [4.69, 9.17) is 0 Å². The van der Waals surface area contributed by atoms with Crippen LogP contribution in [0.15, 0.2) is 34.1 Å². The second-order valence-electron chi connectivity index (χ2n) is 3.79. The Balaban J connectivity index is 2.41. The SMILES string of the molecule is CC(S)CSc1ccc(SCC(C)S)cc1. The summed E-state index contributed by atoms with van der Waals surface area (Å²) in [6.45, 7) is 4.24. The van der Waals surface area contributed by atoms with Crippen molar-refractivity contribution >= 4 is 48.8 Å². The molecule has 1 rings (SSSR count). The van der Waals surface area contributed by atoms with Crippen LogP contribution >= 0.6 is 48.8 Å². The zero-order chi connectivity index (χ0) is 12.0. The summed E-state index contributed by atoms with van der Waals surface area (Å²) in [5.74, 6) is 2.12. The number of thiol groups is 2. The van der Waals surface area contributed by atoms with Crippen LogP contribution in [-0.2, 0) is 0 Å². The second-order valence-corrected chi connectivity index (χ2v) is 7.74. The summed E-state index contributed by atoms with van der Waals surface area (Å²) in [7, 11) is 0. The lowest BCUT2D eigenvalue weighted by atomic mass is 10.4. The van der Waals surface area contributed by atoms with E-state index in [0.29, 0.717) is 10.5 Å². The molecule has 0 spiro atoms. The van der Waals surface area contributed by atoms with Gasteiger partial charge in [0.05, 0.1) is 0 Å². The molecule has 1 aromatic rings. The smallest absolute Gasteiger partial charge is 0.00943 e. The van der Waals surface area contributed by atoms with Gasteiger partial charge in [0.1, 0.15) is 0 Å². The van der Waals surface area contributed by atoms with Gasteiger partial charge in [-0.25, -0.2) is 0 Å². The van der Waals surface area contributed by atoms with Gasteiger partial charge in [-0.1, -0.05) is 13.8 Å². The summed E-state index contributed by atoms with van der Waals surface area (Å²) >= 11 is 12.5. The molecule has 0 saturated heterocycles. The van der Waals surface area contributed by atoms with Crippen molar-refractivity contribution in [3.63, 3.8) is 0 Å². The van der Waals surface area contributed by atoms with Crippen LogP contribution in [0, 0.1) is 0 Å². The summed E-state index contributed by atoms with van der Waals surface area (Å²) in [6.07, 6.45) is 0.